The Bertz CT molecular complexity index is 5780. The maximum absolute atomic E-state index is 10.9. The summed E-state index contributed by atoms with van der Waals surface area (Å²) >= 11 is 0. The molecule has 4 heterocycles. The molecule has 0 amide bonds. The summed E-state index contributed by atoms with van der Waals surface area (Å²) in [5.41, 5.74) is 30.1. The summed E-state index contributed by atoms with van der Waals surface area (Å²) in [6, 6.07) is 129. The normalized spacial score (nSPS) is 12.3. The molecule has 0 N–H and O–H groups in total. The molecule has 0 radical (unpaired) electrons. The maximum atomic E-state index is 10.9. The average molecular weight is 1310 g/mol. The van der Waals surface area contributed by atoms with Crippen molar-refractivity contribution in [1.82, 2.24) is 9.13 Å². The first kappa shape index (κ1) is 60.7. The fraction of sp³-hybridized carbons (Fsp3) is 0.0417. The number of nitrogens with zero attached hydrogens (tertiary/aromatic N) is 6. The highest BCUT2D eigenvalue weighted by Crippen LogP contribution is 2.56. The zero-order valence-electron chi connectivity index (χ0n) is 57.1. The van der Waals surface area contributed by atoms with Gasteiger partial charge in [-0.3, -0.25) is 0 Å². The zero-order chi connectivity index (χ0) is 69.0. The first-order valence-electron chi connectivity index (χ1n) is 35.3. The Hall–Kier alpha value is -13.5. The predicted molar refractivity (Wildman–Crippen MR) is 430 cm³/mol. The second kappa shape index (κ2) is 24.2. The molecule has 2 aliphatic rings. The minimum atomic E-state index is -0.403. The van der Waals surface area contributed by atoms with Crippen molar-refractivity contribution in [2.75, 3.05) is 9.80 Å². The van der Waals surface area contributed by atoms with Gasteiger partial charge in [-0.05, 0) is 169 Å². The standard InChI is InChI=1S/C96H65BN6/c1-96(2,3)70-56-91-93-92(57-70)103(95-81(64-32-12-6-13-33-64)54-69(74-39-19-17-37-67(74)61-99)55-82(95)65-34-14-7-15-35-65)90-59-72(101-87-46-26-22-42-77(87)78-43-23-27-47-88(78)101)49-51-84(90)97(93)83-50-48-71(100-85-44-24-20-40-75(85)76-41-21-25-45-86(76)100)58-89(83)102(91)94-79(62-28-8-4-9-29-62)52-68(73-38-18-16-36-66(73)60-98)53-80(94)63-30-10-5-11-31-63/h4-59H,1-3H3. The van der Waals surface area contributed by atoms with Gasteiger partial charge in [0.2, 0.25) is 0 Å². The van der Waals surface area contributed by atoms with Crippen LogP contribution in [0.5, 0.6) is 0 Å². The SMILES string of the molecule is CC(C)(C)c1cc2c3c(c1)N(c1c(-c4ccccc4)cc(-c4ccccc4C#N)cc1-c1ccccc1)c1cc(-n4c5ccccc5c5ccccc54)ccc1B3c1ccc(-n3c4ccccc4c4ccccc43)cc1N2c1c(-c2ccccc2)cc(-c2ccccc2C#N)cc1-c1ccccc1. The second-order valence-electron chi connectivity index (χ2n) is 28.1. The van der Waals surface area contributed by atoms with Gasteiger partial charge in [-0.2, -0.15) is 10.5 Å². The van der Waals surface area contributed by atoms with E-state index in [-0.39, 0.29) is 6.71 Å². The Balaban J connectivity index is 1.01. The number of aromatic nitrogens is 2. The maximum Gasteiger partial charge on any atom is 0.252 e. The van der Waals surface area contributed by atoms with Crippen LogP contribution in [0.1, 0.15) is 37.5 Å². The molecule has 15 aromatic carbocycles. The number of nitriles is 2. The summed E-state index contributed by atoms with van der Waals surface area (Å²) in [6.45, 7) is 6.72. The smallest absolute Gasteiger partial charge is 0.252 e. The van der Waals surface area contributed by atoms with Gasteiger partial charge in [0.1, 0.15) is 0 Å². The lowest BCUT2D eigenvalue weighted by Gasteiger charge is -2.46. The van der Waals surface area contributed by atoms with Crippen LogP contribution in [0.15, 0.2) is 340 Å². The summed E-state index contributed by atoms with van der Waals surface area (Å²) in [6.07, 6.45) is 0. The van der Waals surface area contributed by atoms with Gasteiger partial charge in [-0.1, -0.05) is 263 Å². The Morgan fingerprint density at radius 1 is 0.282 bits per heavy atom. The molecule has 0 saturated heterocycles. The topological polar surface area (TPSA) is 63.9 Å². The number of hydrogen-bond acceptors (Lipinski definition) is 4. The second-order valence-corrected chi connectivity index (χ2v) is 28.1. The van der Waals surface area contributed by atoms with E-state index >= 15 is 0 Å². The molecular weight excluding hydrogens is 1250 g/mol. The van der Waals surface area contributed by atoms with Crippen LogP contribution in [0.4, 0.5) is 34.1 Å². The monoisotopic (exact) mass is 1310 g/mol. The average Bonchev–Trinajstić information content (AvgIpc) is 1.15. The molecule has 0 atom stereocenters. The Morgan fingerprint density at radius 2 is 0.583 bits per heavy atom. The van der Waals surface area contributed by atoms with Crippen molar-refractivity contribution in [2.45, 2.75) is 26.2 Å². The molecule has 103 heavy (non-hydrogen) atoms. The van der Waals surface area contributed by atoms with Gasteiger partial charge < -0.3 is 18.9 Å². The highest BCUT2D eigenvalue weighted by atomic mass is 15.2. The van der Waals surface area contributed by atoms with Crippen molar-refractivity contribution in [3.8, 4) is 90.3 Å². The van der Waals surface area contributed by atoms with E-state index in [1.807, 2.05) is 36.4 Å². The van der Waals surface area contributed by atoms with Crippen LogP contribution >= 0.6 is 0 Å². The molecule has 0 unspecified atom stereocenters. The van der Waals surface area contributed by atoms with E-state index < -0.39 is 5.41 Å². The molecule has 0 saturated carbocycles. The van der Waals surface area contributed by atoms with Crippen LogP contribution in [-0.4, -0.2) is 15.8 Å². The molecule has 2 aliphatic heterocycles. The van der Waals surface area contributed by atoms with Crippen molar-refractivity contribution in [3.05, 3.63) is 356 Å². The molecule has 0 fully saturated rings. The van der Waals surface area contributed by atoms with Crippen LogP contribution in [0.2, 0.25) is 0 Å². The first-order valence-corrected chi connectivity index (χ1v) is 35.3. The number of fused-ring (bicyclic) bond motifs is 10. The lowest BCUT2D eigenvalue weighted by molar-refractivity contribution is 0.590. The van der Waals surface area contributed by atoms with Gasteiger partial charge in [-0.15, -0.1) is 0 Å². The van der Waals surface area contributed by atoms with E-state index in [0.29, 0.717) is 11.1 Å². The van der Waals surface area contributed by atoms with Gasteiger partial charge in [0.15, 0.2) is 0 Å². The molecule has 19 rings (SSSR count). The lowest BCUT2D eigenvalue weighted by Crippen LogP contribution is -2.61. The predicted octanol–water partition coefficient (Wildman–Crippen LogP) is 23.0. The third-order valence-electron chi connectivity index (χ3n) is 21.3. The number of anilines is 6. The highest BCUT2D eigenvalue weighted by molar-refractivity contribution is 7.00. The molecule has 0 spiro atoms. The van der Waals surface area contributed by atoms with Crippen molar-refractivity contribution >= 4 is 101 Å². The minimum Gasteiger partial charge on any atom is -0.310 e. The number of benzene rings is 15. The van der Waals surface area contributed by atoms with Crippen molar-refractivity contribution in [2.24, 2.45) is 0 Å². The van der Waals surface area contributed by atoms with Crippen LogP contribution in [0.3, 0.4) is 0 Å². The summed E-state index contributed by atoms with van der Waals surface area (Å²) in [5, 5.41) is 26.6. The van der Waals surface area contributed by atoms with Crippen molar-refractivity contribution in [3.63, 3.8) is 0 Å². The summed E-state index contributed by atoms with van der Waals surface area (Å²) in [5.74, 6) is 0. The van der Waals surface area contributed by atoms with Crippen LogP contribution in [0.25, 0.3) is 122 Å². The Kier molecular flexibility index (Phi) is 14.2. The molecule has 482 valence electrons. The van der Waals surface area contributed by atoms with Gasteiger partial charge >= 0.3 is 0 Å². The largest absolute Gasteiger partial charge is 0.310 e. The van der Waals surface area contributed by atoms with Gasteiger partial charge in [0, 0.05) is 77.9 Å². The summed E-state index contributed by atoms with van der Waals surface area (Å²) in [7, 11) is 0. The number of para-hydroxylation sites is 4. The molecule has 2 aromatic heterocycles. The van der Waals surface area contributed by atoms with E-state index in [1.54, 1.807) is 0 Å². The lowest BCUT2D eigenvalue weighted by atomic mass is 9.33. The Morgan fingerprint density at radius 3 is 0.903 bits per heavy atom. The van der Waals surface area contributed by atoms with Crippen molar-refractivity contribution in [1.29, 1.82) is 10.5 Å². The molecule has 7 heteroatoms. The summed E-state index contributed by atoms with van der Waals surface area (Å²) in [4.78, 5) is 5.27. The van der Waals surface area contributed by atoms with Gasteiger partial charge in [-0.25, -0.2) is 0 Å². The van der Waals surface area contributed by atoms with E-state index in [2.05, 4.69) is 355 Å². The minimum absolute atomic E-state index is 0.319. The third kappa shape index (κ3) is 9.77. The van der Waals surface area contributed by atoms with E-state index in [4.69, 9.17) is 0 Å². The number of hydrogen-bond donors (Lipinski definition) is 0. The first-order chi connectivity index (χ1) is 50.7. The Labute approximate surface area is 599 Å². The molecule has 0 aliphatic carbocycles. The quantitative estimate of drug-likeness (QED) is 0.128. The van der Waals surface area contributed by atoms with E-state index in [1.165, 1.54) is 21.5 Å². The van der Waals surface area contributed by atoms with Crippen LogP contribution < -0.4 is 26.2 Å². The molecule has 6 nitrogen and oxygen atoms in total. The van der Waals surface area contributed by atoms with Crippen LogP contribution in [-0.2, 0) is 5.41 Å². The van der Waals surface area contributed by atoms with Crippen LogP contribution in [0, 0.1) is 22.7 Å². The fourth-order valence-corrected chi connectivity index (χ4v) is 16.6. The van der Waals surface area contributed by atoms with E-state index in [0.717, 1.165) is 156 Å². The third-order valence-corrected chi connectivity index (χ3v) is 21.3. The van der Waals surface area contributed by atoms with E-state index in [9.17, 15) is 10.5 Å². The molecule has 17 aromatic rings. The highest BCUT2D eigenvalue weighted by Gasteiger charge is 2.46. The summed E-state index contributed by atoms with van der Waals surface area (Å²) < 4.78 is 4.91. The zero-order valence-corrected chi connectivity index (χ0v) is 57.1. The van der Waals surface area contributed by atoms with Gasteiger partial charge in [0.05, 0.1) is 56.7 Å². The van der Waals surface area contributed by atoms with Crippen molar-refractivity contribution < 1.29 is 0 Å². The van der Waals surface area contributed by atoms with Gasteiger partial charge in [0.25, 0.3) is 6.71 Å². The molecular formula is C96H65BN6. The molecule has 0 bridgehead atoms. The number of rotatable bonds is 10. The fourth-order valence-electron chi connectivity index (χ4n) is 16.6.